The number of aliphatic carboxylic acids is 1. The van der Waals surface area contributed by atoms with E-state index in [0.717, 1.165) is 284 Å². The van der Waals surface area contributed by atoms with E-state index in [1.165, 1.54) is 30.1 Å². The fraction of sp³-hybridized carbons (Fsp3) is 0.494. The van der Waals surface area contributed by atoms with Crippen molar-refractivity contribution >= 4 is 100 Å². The molecule has 1 N–H and O–H groups in total. The van der Waals surface area contributed by atoms with Crippen LogP contribution >= 0.6 is 22.7 Å². The molecule has 6 aromatic heterocycles. The van der Waals surface area contributed by atoms with E-state index >= 15 is 0 Å². The van der Waals surface area contributed by atoms with E-state index in [4.69, 9.17) is 54.1 Å². The van der Waals surface area contributed by atoms with Crippen LogP contribution in [0.4, 0.5) is 27.3 Å². The second-order valence-electron chi connectivity index (χ2n) is 31.7. The number of aromatic nitrogens is 7. The van der Waals surface area contributed by atoms with Crippen LogP contribution in [0.5, 0.6) is 17.2 Å². The number of carbonyl (C=O) groups excluding carboxylic acids is 2. The van der Waals surface area contributed by atoms with Gasteiger partial charge in [0.1, 0.15) is 34.3 Å². The first-order valence-corrected chi connectivity index (χ1v) is 43.8. The number of pyridine rings is 3. The Morgan fingerprint density at radius 3 is 1.72 bits per heavy atom. The number of benzene rings is 4. The van der Waals surface area contributed by atoms with Crippen molar-refractivity contribution in [3.8, 4) is 22.9 Å². The topological polar surface area (TPSA) is 223 Å². The number of anilines is 5. The molecule has 7 aliphatic heterocycles. The first-order chi connectivity index (χ1) is 56.9. The molecule has 0 bridgehead atoms. The van der Waals surface area contributed by atoms with E-state index in [1.54, 1.807) is 36.9 Å². The minimum Gasteiger partial charge on any atom is -0.494 e. The lowest BCUT2D eigenvalue weighted by Gasteiger charge is -2.31. The van der Waals surface area contributed by atoms with E-state index < -0.39 is 5.97 Å². The molecule has 27 heteroatoms. The summed E-state index contributed by atoms with van der Waals surface area (Å²) in [5.41, 5.74) is 11.2. The van der Waals surface area contributed by atoms with Crippen molar-refractivity contribution in [3.05, 3.63) is 161 Å². The smallest absolute Gasteiger partial charge is 0.303 e. The second kappa shape index (κ2) is 39.5. The normalized spacial score (nSPS) is 18.8. The van der Waals surface area contributed by atoms with Crippen LogP contribution in [0.15, 0.2) is 139 Å². The number of carboxylic acids is 1. The zero-order chi connectivity index (χ0) is 79.7. The average Bonchev–Trinajstić information content (AvgIpc) is 0.936. The Morgan fingerprint density at radius 2 is 1.09 bits per heavy atom. The summed E-state index contributed by atoms with van der Waals surface area (Å²) < 4.78 is 25.3. The molecular weight excluding hydrogens is 1500 g/mol. The van der Waals surface area contributed by atoms with Gasteiger partial charge >= 0.3 is 5.97 Å². The van der Waals surface area contributed by atoms with Gasteiger partial charge in [0.25, 0.3) is 0 Å². The highest BCUT2D eigenvalue weighted by atomic mass is 32.1. The van der Waals surface area contributed by atoms with Crippen molar-refractivity contribution in [1.82, 2.24) is 59.2 Å². The zero-order valence-corrected chi connectivity index (χ0v) is 69.5. The van der Waals surface area contributed by atoms with Gasteiger partial charge in [-0.3, -0.25) is 44.0 Å². The van der Waals surface area contributed by atoms with Crippen LogP contribution in [-0.2, 0) is 25.7 Å². The summed E-state index contributed by atoms with van der Waals surface area (Å²) in [6.07, 6.45) is 19.2. The summed E-state index contributed by atoms with van der Waals surface area (Å²) in [5.74, 6) is 2.78. The van der Waals surface area contributed by atoms with E-state index in [1.807, 2.05) is 82.9 Å². The fourth-order valence-corrected chi connectivity index (χ4v) is 19.4. The van der Waals surface area contributed by atoms with Crippen molar-refractivity contribution in [1.29, 1.82) is 0 Å². The van der Waals surface area contributed by atoms with Gasteiger partial charge in [0.05, 0.1) is 85.4 Å². The molecule has 0 saturated carbocycles. The Bertz CT molecular complexity index is 4890. The number of amides is 2. The molecule has 7 fully saturated rings. The lowest BCUT2D eigenvalue weighted by molar-refractivity contribution is -0.137. The zero-order valence-electron chi connectivity index (χ0n) is 67.9. The highest BCUT2D eigenvalue weighted by molar-refractivity contribution is 7.14. The molecule has 0 spiro atoms. The Labute approximate surface area is 689 Å². The van der Waals surface area contributed by atoms with Crippen LogP contribution in [0, 0.1) is 12.8 Å². The first kappa shape index (κ1) is 81.4. The summed E-state index contributed by atoms with van der Waals surface area (Å²) in [6.45, 7) is 25.2. The highest BCUT2D eigenvalue weighted by Gasteiger charge is 2.36. The predicted octanol–water partition coefficient (Wildman–Crippen LogP) is 13.7. The monoisotopic (exact) mass is 1610 g/mol. The number of likely N-dealkylation sites (tertiary alicyclic amines) is 2. The number of methoxy groups -OCH3 is 2. The number of carboxylic acid groups (broad SMARTS) is 1. The van der Waals surface area contributed by atoms with E-state index in [0.29, 0.717) is 31.8 Å². The number of nitrogens with zero attached hydrogens (tertiary/aromatic N) is 17. The molecule has 0 aliphatic carbocycles. The van der Waals surface area contributed by atoms with E-state index in [9.17, 15) is 14.4 Å². The van der Waals surface area contributed by atoms with Crippen LogP contribution in [0.3, 0.4) is 0 Å². The number of hydrogen-bond donors (Lipinski definition) is 1. The largest absolute Gasteiger partial charge is 0.494 e. The van der Waals surface area contributed by atoms with Gasteiger partial charge in [-0.25, -0.2) is 14.6 Å². The number of hydrogen-bond acceptors (Lipinski definition) is 23. The number of carbonyl (C=O) groups is 3. The van der Waals surface area contributed by atoms with E-state index in [2.05, 4.69) is 123 Å². The molecule has 10 aromatic rings. The molecule has 116 heavy (non-hydrogen) atoms. The number of morpholine rings is 1. The van der Waals surface area contributed by atoms with Gasteiger partial charge in [0, 0.05) is 208 Å². The van der Waals surface area contributed by atoms with Crippen LogP contribution in [0.25, 0.3) is 38.4 Å². The predicted molar refractivity (Wildman–Crippen MR) is 462 cm³/mol. The molecule has 614 valence electrons. The van der Waals surface area contributed by atoms with E-state index in [-0.39, 0.29) is 30.3 Å². The van der Waals surface area contributed by atoms with Crippen molar-refractivity contribution in [3.63, 3.8) is 0 Å². The van der Waals surface area contributed by atoms with Crippen molar-refractivity contribution in [2.24, 2.45) is 5.92 Å². The van der Waals surface area contributed by atoms with Crippen molar-refractivity contribution in [2.75, 3.05) is 189 Å². The summed E-state index contributed by atoms with van der Waals surface area (Å²) >= 11 is 3.47. The van der Waals surface area contributed by atoms with Crippen molar-refractivity contribution in [2.45, 2.75) is 116 Å². The summed E-state index contributed by atoms with van der Waals surface area (Å²) in [7, 11) is 3.45. The average molecular weight is 1610 g/mol. The maximum Gasteiger partial charge on any atom is 0.303 e. The third-order valence-corrected chi connectivity index (χ3v) is 25.6. The number of piperidine rings is 1. The summed E-state index contributed by atoms with van der Waals surface area (Å²) in [4.78, 5) is 85.7. The number of para-hydroxylation sites is 1. The third kappa shape index (κ3) is 19.9. The molecular formula is C89H113N17O8S2. The van der Waals surface area contributed by atoms with Crippen LogP contribution in [0.2, 0.25) is 0 Å². The molecule has 13 heterocycles. The van der Waals surface area contributed by atoms with Gasteiger partial charge in [-0.15, -0.1) is 22.7 Å². The van der Waals surface area contributed by atoms with Gasteiger partial charge < -0.3 is 58.4 Å². The van der Waals surface area contributed by atoms with Crippen LogP contribution in [-0.4, -0.2) is 247 Å². The molecule has 3 atom stereocenters. The first-order valence-electron chi connectivity index (χ1n) is 42.1. The molecule has 25 nitrogen and oxygen atoms in total. The quantitative estimate of drug-likeness (QED) is 0.0588. The fourth-order valence-electron chi connectivity index (χ4n) is 17.6. The van der Waals surface area contributed by atoms with Crippen LogP contribution < -0.4 is 38.7 Å². The van der Waals surface area contributed by atoms with Gasteiger partial charge in [0.2, 0.25) is 11.8 Å². The highest BCUT2D eigenvalue weighted by Crippen LogP contribution is 2.42. The lowest BCUT2D eigenvalue weighted by Crippen LogP contribution is -2.38. The molecule has 2 unspecified atom stereocenters. The number of ether oxygens (including phenoxy) is 4. The Hall–Kier alpha value is -9.77. The Balaban J connectivity index is 0.000000137. The number of thiazole rings is 2. The van der Waals surface area contributed by atoms with Gasteiger partial charge in [-0.05, 0) is 149 Å². The van der Waals surface area contributed by atoms with Crippen LogP contribution in [0.1, 0.15) is 125 Å². The molecule has 17 rings (SSSR count). The molecule has 7 aliphatic rings. The summed E-state index contributed by atoms with van der Waals surface area (Å²) in [5, 5.41) is 23.9. The maximum absolute atomic E-state index is 13.5. The SMILES string of the molecule is COc1ccc2cccnc2c1N1CCCN(C(CC(=O)N2CCCC2)c2ccn(-c3ccccc3)n2)CC1.COc1ccc2cccnc2c1N1CCCN(C(CC(=O)N2CC[C@@H](C)C2)c2csc(N3CCOCC3)n2)CC1.Cc1cc2cccnc2c(N2CCCN(Cc3csc(N4CCCCC4)n3)CC2)c1OCCCC(=O)O. The third-order valence-electron chi connectivity index (χ3n) is 23.8. The van der Waals surface area contributed by atoms with Gasteiger partial charge in [-0.2, -0.15) is 5.10 Å². The standard InChI is InChI=1S/C31H36N6O2.C30H40N6O3S.C28H37N5O3S/c1-39-28-13-12-24-9-7-15-32-30(24)31(28)36-19-8-18-34(21-22-36)27(23-29(38)35-16-5-6-17-35)26-14-20-37(33-26)25-10-3-2-4-11-25;1-22-8-12-36(20-22)27(37)19-25(24-21-40-30(32-24)35-15-17-39-18-16-35)33-10-4-11-34(14-13-33)29-26(38-2)7-6-23-5-3-9-31-28(23)29;1-21-18-22-8-5-10-29-25(22)26(27(21)36-17-6-9-24(34)35)32-14-7-11-31(15-16-32)19-23-20-37-28(30-23)33-12-3-2-4-13-33/h2-4,7,9-15,20,27H,5-6,8,16-19,21-23H2,1H3;3,5-7,9,21-22,25H,4,8,10-20H2,1-2H3;5,8,10,18,20H,2-4,6-7,9,11-17,19H2,1H3,(H,34,35)/t;22-,25?;/m.1./s1. The minimum atomic E-state index is -0.795. The van der Waals surface area contributed by atoms with Gasteiger partial charge in [-0.1, -0.05) is 43.3 Å². The minimum absolute atomic E-state index is 0.0399. The number of rotatable bonds is 23. The number of aryl methyl sites for hydroxylation is 1. The molecule has 7 saturated heterocycles. The lowest BCUT2D eigenvalue weighted by atomic mass is 10.1. The Morgan fingerprint density at radius 1 is 0.534 bits per heavy atom. The second-order valence-corrected chi connectivity index (χ2v) is 33.3. The molecule has 2 amide bonds. The van der Waals surface area contributed by atoms with Gasteiger partial charge in [0.15, 0.2) is 10.3 Å². The maximum atomic E-state index is 13.5. The summed E-state index contributed by atoms with van der Waals surface area (Å²) in [6, 6.07) is 34.7. The number of fused-ring (bicyclic) bond motifs is 3. The molecule has 4 aromatic carbocycles. The molecule has 0 radical (unpaired) electrons. The van der Waals surface area contributed by atoms with Crippen molar-refractivity contribution < 1.29 is 38.4 Å². The Kier molecular flexibility index (Phi) is 27.7.